The number of nitrogens with zero attached hydrogens (tertiary/aromatic N) is 2. The Bertz CT molecular complexity index is 989. The lowest BCUT2D eigenvalue weighted by atomic mass is 10.0. The van der Waals surface area contributed by atoms with Crippen LogP contribution >= 0.6 is 22.9 Å². The highest BCUT2D eigenvalue weighted by Gasteiger charge is 2.49. The van der Waals surface area contributed by atoms with Gasteiger partial charge in [0.2, 0.25) is 0 Å². The first-order chi connectivity index (χ1) is 12.0. The molecule has 2 aromatic heterocycles. The van der Waals surface area contributed by atoms with Gasteiger partial charge < -0.3 is 5.32 Å². The third-order valence-corrected chi connectivity index (χ3v) is 5.84. The number of carbonyl (C=O) groups excluding carboxylic acids is 2. The maximum Gasteiger partial charge on any atom is 0.325 e. The summed E-state index contributed by atoms with van der Waals surface area (Å²) in [5.74, 6) is -0.265. The molecule has 0 saturated carbocycles. The Morgan fingerprint density at radius 3 is 2.84 bits per heavy atom. The molecule has 4 rings (SSSR count). The van der Waals surface area contributed by atoms with Gasteiger partial charge in [-0.15, -0.1) is 11.3 Å². The monoisotopic (exact) mass is 371 g/mol. The van der Waals surface area contributed by atoms with Crippen LogP contribution in [0.15, 0.2) is 48.0 Å². The largest absolute Gasteiger partial charge is 0.325 e. The molecule has 0 spiro atoms. The molecule has 126 valence electrons. The number of imide groups is 1. The van der Waals surface area contributed by atoms with E-state index in [1.165, 1.54) is 16.2 Å². The smallest absolute Gasteiger partial charge is 0.319 e. The Kier molecular flexibility index (Phi) is 3.74. The number of benzene rings is 1. The average Bonchev–Trinajstić information content (AvgIpc) is 3.22. The molecule has 1 aliphatic heterocycles. The second-order valence-electron chi connectivity index (χ2n) is 6.03. The van der Waals surface area contributed by atoms with Gasteiger partial charge >= 0.3 is 6.03 Å². The van der Waals surface area contributed by atoms with Crippen molar-refractivity contribution in [2.24, 2.45) is 0 Å². The van der Waals surface area contributed by atoms with Crippen LogP contribution < -0.4 is 5.32 Å². The minimum atomic E-state index is -1.03. The van der Waals surface area contributed by atoms with Crippen molar-refractivity contribution in [3.8, 4) is 0 Å². The Morgan fingerprint density at radius 2 is 2.08 bits per heavy atom. The number of rotatable bonds is 3. The highest BCUT2D eigenvalue weighted by Crippen LogP contribution is 2.33. The van der Waals surface area contributed by atoms with Crippen LogP contribution in [0.1, 0.15) is 17.4 Å². The molecule has 0 aliphatic carbocycles. The number of halogens is 1. The minimum Gasteiger partial charge on any atom is -0.319 e. The molecule has 3 aromatic rings. The third kappa shape index (κ3) is 2.49. The van der Waals surface area contributed by atoms with Gasteiger partial charge in [0.25, 0.3) is 5.91 Å². The summed E-state index contributed by atoms with van der Waals surface area (Å²) in [6, 6.07) is 10.6. The highest BCUT2D eigenvalue weighted by molar-refractivity contribution is 7.10. The van der Waals surface area contributed by atoms with Crippen molar-refractivity contribution in [1.82, 2.24) is 15.2 Å². The summed E-state index contributed by atoms with van der Waals surface area (Å²) in [5.41, 5.74) is 0.445. The zero-order valence-electron chi connectivity index (χ0n) is 13.3. The number of thiophene rings is 1. The normalized spacial score (nSPS) is 20.3. The van der Waals surface area contributed by atoms with E-state index in [0.29, 0.717) is 10.5 Å². The van der Waals surface area contributed by atoms with Crippen LogP contribution in [-0.2, 0) is 16.9 Å². The van der Waals surface area contributed by atoms with Gasteiger partial charge in [-0.3, -0.25) is 14.7 Å². The fourth-order valence-corrected chi connectivity index (χ4v) is 4.12. The molecule has 25 heavy (non-hydrogen) atoms. The number of nitrogens with one attached hydrogen (secondary N) is 1. The standard InChI is InChI=1S/C18H14ClN3O2S/c1-18(14-5-3-9-25-14)16(23)22(17(24)21-18)10-11-6-7-13(19)12-4-2-8-20-15(11)12/h2-9H,10H2,1H3,(H,21,24). The van der Waals surface area contributed by atoms with Crippen molar-refractivity contribution in [2.75, 3.05) is 0 Å². The summed E-state index contributed by atoms with van der Waals surface area (Å²) in [5, 5.41) is 6.09. The molecule has 1 aromatic carbocycles. The number of hydrogen-bond donors (Lipinski definition) is 1. The molecule has 1 aliphatic rings. The third-order valence-electron chi connectivity index (χ3n) is 4.42. The van der Waals surface area contributed by atoms with E-state index >= 15 is 0 Å². The lowest BCUT2D eigenvalue weighted by Gasteiger charge is -2.20. The van der Waals surface area contributed by atoms with Gasteiger partial charge in [-0.2, -0.15) is 0 Å². The molecule has 0 bridgehead atoms. The van der Waals surface area contributed by atoms with Crippen molar-refractivity contribution >= 4 is 45.8 Å². The van der Waals surface area contributed by atoms with Crippen molar-refractivity contribution < 1.29 is 9.59 Å². The van der Waals surface area contributed by atoms with E-state index in [-0.39, 0.29) is 12.5 Å². The first kappa shape index (κ1) is 16.1. The summed E-state index contributed by atoms with van der Waals surface area (Å²) in [7, 11) is 0. The first-order valence-corrected chi connectivity index (χ1v) is 8.96. The molecule has 1 fully saturated rings. The molecule has 1 unspecified atom stereocenters. The lowest BCUT2D eigenvalue weighted by molar-refractivity contribution is -0.131. The van der Waals surface area contributed by atoms with Gasteiger partial charge in [0.1, 0.15) is 0 Å². The van der Waals surface area contributed by atoms with E-state index in [4.69, 9.17) is 11.6 Å². The molecule has 1 saturated heterocycles. The van der Waals surface area contributed by atoms with Crippen LogP contribution in [0.2, 0.25) is 5.02 Å². The number of aromatic nitrogens is 1. The maximum absolute atomic E-state index is 12.9. The highest BCUT2D eigenvalue weighted by atomic mass is 35.5. The van der Waals surface area contributed by atoms with Crippen LogP contribution in [0.5, 0.6) is 0 Å². The predicted molar refractivity (Wildman–Crippen MR) is 97.5 cm³/mol. The van der Waals surface area contributed by atoms with Crippen LogP contribution in [0.25, 0.3) is 10.9 Å². The van der Waals surface area contributed by atoms with Gasteiger partial charge in [0, 0.05) is 21.5 Å². The molecule has 3 heterocycles. The van der Waals surface area contributed by atoms with Gasteiger partial charge in [-0.25, -0.2) is 4.79 Å². The van der Waals surface area contributed by atoms with Gasteiger partial charge in [0.15, 0.2) is 5.54 Å². The van der Waals surface area contributed by atoms with Crippen molar-refractivity contribution in [3.63, 3.8) is 0 Å². The Morgan fingerprint density at radius 1 is 1.24 bits per heavy atom. The summed E-state index contributed by atoms with van der Waals surface area (Å²) in [6.07, 6.45) is 1.67. The van der Waals surface area contributed by atoms with Gasteiger partial charge in [0.05, 0.1) is 12.1 Å². The molecule has 1 atom stereocenters. The summed E-state index contributed by atoms with van der Waals surface area (Å²) in [4.78, 5) is 31.8. The second-order valence-corrected chi connectivity index (χ2v) is 7.38. The second kappa shape index (κ2) is 5.82. The van der Waals surface area contributed by atoms with Crippen LogP contribution in [0.4, 0.5) is 4.79 Å². The van der Waals surface area contributed by atoms with Gasteiger partial charge in [-0.1, -0.05) is 23.7 Å². The van der Waals surface area contributed by atoms with Crippen molar-refractivity contribution in [3.05, 3.63) is 63.4 Å². The molecule has 7 heteroatoms. The molecule has 3 amide bonds. The lowest BCUT2D eigenvalue weighted by Crippen LogP contribution is -2.40. The quantitative estimate of drug-likeness (QED) is 0.710. The first-order valence-electron chi connectivity index (χ1n) is 7.71. The van der Waals surface area contributed by atoms with E-state index < -0.39 is 11.6 Å². The summed E-state index contributed by atoms with van der Waals surface area (Å²) in [6.45, 7) is 1.88. The molecular formula is C18H14ClN3O2S. The number of urea groups is 1. The summed E-state index contributed by atoms with van der Waals surface area (Å²) < 4.78 is 0. The van der Waals surface area contributed by atoms with E-state index in [1.54, 1.807) is 31.3 Å². The van der Waals surface area contributed by atoms with Crippen molar-refractivity contribution in [2.45, 2.75) is 19.0 Å². The molecule has 0 radical (unpaired) electrons. The zero-order chi connectivity index (χ0) is 17.6. The predicted octanol–water partition coefficient (Wildman–Crippen LogP) is 3.92. The Labute approximate surface area is 153 Å². The van der Waals surface area contributed by atoms with E-state index in [2.05, 4.69) is 10.3 Å². The number of amides is 3. The summed E-state index contributed by atoms with van der Waals surface area (Å²) >= 11 is 7.66. The minimum absolute atomic E-state index is 0.149. The van der Waals surface area contributed by atoms with E-state index in [1.807, 2.05) is 23.6 Å². The maximum atomic E-state index is 12.9. The fraction of sp³-hybridized carbons (Fsp3) is 0.167. The fourth-order valence-electron chi connectivity index (χ4n) is 3.06. The SMILES string of the molecule is CC1(c2cccs2)NC(=O)N(Cc2ccc(Cl)c3cccnc23)C1=O. The van der Waals surface area contributed by atoms with Crippen LogP contribution in [-0.4, -0.2) is 21.8 Å². The van der Waals surface area contributed by atoms with Gasteiger partial charge in [-0.05, 0) is 42.1 Å². The number of fused-ring (bicyclic) bond motifs is 1. The van der Waals surface area contributed by atoms with Crippen LogP contribution in [0.3, 0.4) is 0 Å². The molecule has 1 N–H and O–H groups in total. The Hall–Kier alpha value is -2.44. The van der Waals surface area contributed by atoms with Crippen molar-refractivity contribution in [1.29, 1.82) is 0 Å². The molecular weight excluding hydrogens is 358 g/mol. The topological polar surface area (TPSA) is 62.3 Å². The number of pyridine rings is 1. The van der Waals surface area contributed by atoms with E-state index in [9.17, 15) is 9.59 Å². The number of hydrogen-bond acceptors (Lipinski definition) is 4. The van der Waals surface area contributed by atoms with E-state index in [0.717, 1.165) is 15.8 Å². The zero-order valence-corrected chi connectivity index (χ0v) is 14.9. The Balaban J connectivity index is 1.71. The van der Waals surface area contributed by atoms with Crippen LogP contribution in [0, 0.1) is 0 Å². The molecule has 5 nitrogen and oxygen atoms in total. The average molecular weight is 372 g/mol. The number of carbonyl (C=O) groups is 2.